The Bertz CT molecular complexity index is 153. The number of hydrogen-bond donors (Lipinski definition) is 2. The standard InChI is InChI=1S/C5H5F3O2/c6-5(7,8)4(10)2-1-3-9/h4,9-10H,3H2. The summed E-state index contributed by atoms with van der Waals surface area (Å²) in [6.45, 7) is -0.687. The van der Waals surface area contributed by atoms with Gasteiger partial charge in [0.15, 0.2) is 0 Å². The summed E-state index contributed by atoms with van der Waals surface area (Å²) in [5, 5.41) is 16.0. The van der Waals surface area contributed by atoms with Crippen molar-refractivity contribution in [3.05, 3.63) is 0 Å². The van der Waals surface area contributed by atoms with Crippen LogP contribution in [-0.4, -0.2) is 29.1 Å². The number of hydrogen-bond acceptors (Lipinski definition) is 2. The normalized spacial score (nSPS) is 13.7. The lowest BCUT2D eigenvalue weighted by Gasteiger charge is -2.06. The molecule has 0 saturated heterocycles. The summed E-state index contributed by atoms with van der Waals surface area (Å²) in [5.41, 5.74) is 0. The lowest BCUT2D eigenvalue weighted by molar-refractivity contribution is -0.184. The van der Waals surface area contributed by atoms with E-state index in [0.29, 0.717) is 0 Å². The lowest BCUT2D eigenvalue weighted by Crippen LogP contribution is -2.26. The van der Waals surface area contributed by atoms with Crippen LogP contribution in [0.1, 0.15) is 0 Å². The molecule has 0 aromatic heterocycles. The van der Waals surface area contributed by atoms with Gasteiger partial charge in [0.1, 0.15) is 6.61 Å². The van der Waals surface area contributed by atoms with E-state index in [-0.39, 0.29) is 0 Å². The molecule has 58 valence electrons. The van der Waals surface area contributed by atoms with Crippen molar-refractivity contribution >= 4 is 0 Å². The van der Waals surface area contributed by atoms with Gasteiger partial charge in [0.2, 0.25) is 6.10 Å². The van der Waals surface area contributed by atoms with Crippen molar-refractivity contribution in [2.45, 2.75) is 12.3 Å². The highest BCUT2D eigenvalue weighted by Crippen LogP contribution is 2.18. The first-order chi connectivity index (χ1) is 4.48. The first kappa shape index (κ1) is 9.27. The van der Waals surface area contributed by atoms with Crippen LogP contribution in [0.5, 0.6) is 0 Å². The van der Waals surface area contributed by atoms with E-state index in [0.717, 1.165) is 0 Å². The molecule has 0 aliphatic heterocycles. The maximum Gasteiger partial charge on any atom is 0.425 e. The van der Waals surface area contributed by atoms with Crippen LogP contribution in [0.3, 0.4) is 0 Å². The average Bonchev–Trinajstić information content (AvgIpc) is 1.80. The van der Waals surface area contributed by atoms with Gasteiger partial charge >= 0.3 is 6.18 Å². The van der Waals surface area contributed by atoms with Crippen molar-refractivity contribution in [2.24, 2.45) is 0 Å². The third kappa shape index (κ3) is 3.33. The van der Waals surface area contributed by atoms with Crippen LogP contribution in [0, 0.1) is 11.8 Å². The van der Waals surface area contributed by atoms with Crippen LogP contribution >= 0.6 is 0 Å². The molecule has 0 aliphatic carbocycles. The second kappa shape index (κ2) is 3.44. The largest absolute Gasteiger partial charge is 0.425 e. The van der Waals surface area contributed by atoms with E-state index in [2.05, 4.69) is 0 Å². The highest BCUT2D eigenvalue weighted by atomic mass is 19.4. The van der Waals surface area contributed by atoms with E-state index in [1.165, 1.54) is 5.92 Å². The summed E-state index contributed by atoms with van der Waals surface area (Å²) in [6.07, 6.45) is -7.37. The van der Waals surface area contributed by atoms with E-state index >= 15 is 0 Å². The van der Waals surface area contributed by atoms with Crippen molar-refractivity contribution in [3.63, 3.8) is 0 Å². The van der Waals surface area contributed by atoms with Gasteiger partial charge in [-0.05, 0) is 0 Å². The van der Waals surface area contributed by atoms with Gasteiger partial charge in [-0.15, -0.1) is 0 Å². The Balaban J connectivity index is 3.97. The number of alkyl halides is 3. The first-order valence-corrected chi connectivity index (χ1v) is 2.32. The Morgan fingerprint density at radius 1 is 1.40 bits per heavy atom. The van der Waals surface area contributed by atoms with E-state index in [4.69, 9.17) is 10.2 Å². The second-order valence-electron chi connectivity index (χ2n) is 1.42. The van der Waals surface area contributed by atoms with Crippen molar-refractivity contribution in [2.75, 3.05) is 6.61 Å². The molecule has 0 bridgehead atoms. The number of aliphatic hydroxyl groups excluding tert-OH is 2. The molecule has 0 rings (SSSR count). The molecule has 0 amide bonds. The van der Waals surface area contributed by atoms with Gasteiger partial charge in [0.05, 0.1) is 0 Å². The van der Waals surface area contributed by atoms with Crippen LogP contribution in [0.25, 0.3) is 0 Å². The van der Waals surface area contributed by atoms with Crippen LogP contribution in [-0.2, 0) is 0 Å². The summed E-state index contributed by atoms with van der Waals surface area (Å²) in [7, 11) is 0. The molecule has 10 heavy (non-hydrogen) atoms. The molecule has 0 aliphatic rings. The topological polar surface area (TPSA) is 40.5 Å². The number of halogens is 3. The monoisotopic (exact) mass is 154 g/mol. The molecule has 5 heteroatoms. The van der Waals surface area contributed by atoms with Crippen LogP contribution in [0.15, 0.2) is 0 Å². The summed E-state index contributed by atoms with van der Waals surface area (Å²) < 4.78 is 34.0. The molecule has 0 saturated carbocycles. The van der Waals surface area contributed by atoms with E-state index < -0.39 is 18.9 Å². The lowest BCUT2D eigenvalue weighted by atomic mass is 10.3. The van der Waals surface area contributed by atoms with Gasteiger partial charge in [-0.1, -0.05) is 11.8 Å². The van der Waals surface area contributed by atoms with Crippen LogP contribution < -0.4 is 0 Å². The third-order valence-corrected chi connectivity index (χ3v) is 0.628. The van der Waals surface area contributed by atoms with Crippen LogP contribution in [0.4, 0.5) is 13.2 Å². The van der Waals surface area contributed by atoms with Crippen molar-refractivity contribution in [1.29, 1.82) is 0 Å². The molecule has 2 N–H and O–H groups in total. The van der Waals surface area contributed by atoms with Crippen molar-refractivity contribution in [3.8, 4) is 11.8 Å². The molecule has 1 unspecified atom stereocenters. The Morgan fingerprint density at radius 3 is 2.20 bits per heavy atom. The van der Waals surface area contributed by atoms with Gasteiger partial charge in [0, 0.05) is 0 Å². The quantitative estimate of drug-likeness (QED) is 0.478. The summed E-state index contributed by atoms with van der Waals surface area (Å²) in [6, 6.07) is 0. The SMILES string of the molecule is OCC#CC(O)C(F)(F)F. The van der Waals surface area contributed by atoms with Gasteiger partial charge in [-0.25, -0.2) is 0 Å². The maximum atomic E-state index is 11.3. The molecular weight excluding hydrogens is 149 g/mol. The molecule has 0 radical (unpaired) electrons. The molecule has 0 fully saturated rings. The fourth-order valence-electron chi connectivity index (χ4n) is 0.224. The fourth-order valence-corrected chi connectivity index (χ4v) is 0.224. The molecule has 0 aromatic rings. The Hall–Kier alpha value is -0.730. The number of aliphatic hydroxyl groups is 2. The van der Waals surface area contributed by atoms with E-state index in [9.17, 15) is 13.2 Å². The zero-order chi connectivity index (χ0) is 8.20. The summed E-state index contributed by atoms with van der Waals surface area (Å²) >= 11 is 0. The predicted molar refractivity (Wildman–Crippen MR) is 26.9 cm³/mol. The minimum atomic E-state index is -4.72. The van der Waals surface area contributed by atoms with Crippen LogP contribution in [0.2, 0.25) is 0 Å². The smallest absolute Gasteiger partial charge is 0.384 e. The Labute approximate surface area is 55.3 Å². The highest BCUT2D eigenvalue weighted by molar-refractivity contribution is 5.06. The molecule has 0 heterocycles. The zero-order valence-corrected chi connectivity index (χ0v) is 4.81. The van der Waals surface area contributed by atoms with Gasteiger partial charge in [-0.2, -0.15) is 13.2 Å². The second-order valence-corrected chi connectivity index (χ2v) is 1.42. The molecule has 1 atom stereocenters. The first-order valence-electron chi connectivity index (χ1n) is 2.32. The molecule has 2 nitrogen and oxygen atoms in total. The summed E-state index contributed by atoms with van der Waals surface area (Å²) in [5.74, 6) is 3.09. The fraction of sp³-hybridized carbons (Fsp3) is 0.600. The maximum absolute atomic E-state index is 11.3. The molecule has 0 spiro atoms. The Kier molecular flexibility index (Phi) is 3.19. The number of rotatable bonds is 0. The highest BCUT2D eigenvalue weighted by Gasteiger charge is 2.36. The molecule has 0 aromatic carbocycles. The third-order valence-electron chi connectivity index (χ3n) is 0.628. The molecular formula is C5H5F3O2. The zero-order valence-electron chi connectivity index (χ0n) is 4.81. The van der Waals surface area contributed by atoms with E-state index in [1.807, 2.05) is 0 Å². The summed E-state index contributed by atoms with van der Waals surface area (Å²) in [4.78, 5) is 0. The van der Waals surface area contributed by atoms with E-state index in [1.54, 1.807) is 5.92 Å². The van der Waals surface area contributed by atoms with Gasteiger partial charge in [-0.3, -0.25) is 0 Å². The predicted octanol–water partition coefficient (Wildman–Crippen LogP) is -0.0947. The average molecular weight is 154 g/mol. The van der Waals surface area contributed by atoms with Crippen molar-refractivity contribution < 1.29 is 23.4 Å². The minimum absolute atomic E-state index is 0.687. The van der Waals surface area contributed by atoms with Gasteiger partial charge < -0.3 is 10.2 Å². The van der Waals surface area contributed by atoms with Gasteiger partial charge in [0.25, 0.3) is 0 Å². The Morgan fingerprint density at radius 2 is 1.90 bits per heavy atom. The van der Waals surface area contributed by atoms with Crippen molar-refractivity contribution in [1.82, 2.24) is 0 Å². The minimum Gasteiger partial charge on any atom is -0.384 e.